The fourth-order valence-corrected chi connectivity index (χ4v) is 4.25. The zero-order chi connectivity index (χ0) is 22.5. The molecule has 1 saturated heterocycles. The maximum absolute atomic E-state index is 13.4. The number of benzene rings is 2. The molecule has 1 aromatic heterocycles. The third-order valence-electron chi connectivity index (χ3n) is 6.00. The summed E-state index contributed by atoms with van der Waals surface area (Å²) < 4.78 is 26.5. The number of halogens is 1. The first kappa shape index (κ1) is 22.2. The van der Waals surface area contributed by atoms with Crippen molar-refractivity contribution in [3.05, 3.63) is 65.2 Å². The Kier molecular flexibility index (Phi) is 6.96. The van der Waals surface area contributed by atoms with Gasteiger partial charge >= 0.3 is 0 Å². The summed E-state index contributed by atoms with van der Waals surface area (Å²) in [6.07, 6.45) is 0. The van der Waals surface area contributed by atoms with E-state index in [9.17, 15) is 4.39 Å². The standard InChI is InChI=1S/C23H29FN6O2/c1-4-28-12-14-29(15-13-28)21(19-6-5-7-20(31-2)22(19)32-3)23-25-26-27-30(23)16-17-8-10-18(24)11-9-17/h5-11,21H,4,12-16H2,1-3H3/t21-/m0/s1. The van der Waals surface area contributed by atoms with Gasteiger partial charge in [0.1, 0.15) is 11.9 Å². The number of ether oxygens (including phenoxy) is 2. The molecule has 9 heteroatoms. The molecule has 170 valence electrons. The topological polar surface area (TPSA) is 68.5 Å². The monoisotopic (exact) mass is 440 g/mol. The fraction of sp³-hybridized carbons (Fsp3) is 0.435. The van der Waals surface area contributed by atoms with Crippen LogP contribution in [0.1, 0.15) is 29.9 Å². The van der Waals surface area contributed by atoms with Crippen molar-refractivity contribution in [2.75, 3.05) is 46.9 Å². The lowest BCUT2D eigenvalue weighted by Crippen LogP contribution is -2.48. The molecule has 1 aliphatic heterocycles. The van der Waals surface area contributed by atoms with Crippen LogP contribution in [0.25, 0.3) is 0 Å². The van der Waals surface area contributed by atoms with Crippen molar-refractivity contribution in [2.45, 2.75) is 19.5 Å². The summed E-state index contributed by atoms with van der Waals surface area (Å²) in [5.41, 5.74) is 1.87. The number of hydrogen-bond acceptors (Lipinski definition) is 7. The Balaban J connectivity index is 1.75. The van der Waals surface area contributed by atoms with Gasteiger partial charge in [-0.1, -0.05) is 31.2 Å². The van der Waals surface area contributed by atoms with Crippen molar-refractivity contribution in [3.8, 4) is 11.5 Å². The van der Waals surface area contributed by atoms with E-state index in [2.05, 4.69) is 32.2 Å². The first-order chi connectivity index (χ1) is 15.6. The highest BCUT2D eigenvalue weighted by Crippen LogP contribution is 2.39. The highest BCUT2D eigenvalue weighted by molar-refractivity contribution is 5.49. The summed E-state index contributed by atoms with van der Waals surface area (Å²) in [7, 11) is 3.28. The smallest absolute Gasteiger partial charge is 0.173 e. The molecule has 0 spiro atoms. The minimum Gasteiger partial charge on any atom is -0.493 e. The molecule has 0 saturated carbocycles. The van der Waals surface area contributed by atoms with Crippen LogP contribution >= 0.6 is 0 Å². The van der Waals surface area contributed by atoms with Crippen molar-refractivity contribution < 1.29 is 13.9 Å². The molecule has 3 aromatic rings. The summed E-state index contributed by atoms with van der Waals surface area (Å²) >= 11 is 0. The van der Waals surface area contributed by atoms with Gasteiger partial charge in [0.25, 0.3) is 0 Å². The Morgan fingerprint density at radius 2 is 1.75 bits per heavy atom. The van der Waals surface area contributed by atoms with Gasteiger partial charge in [-0.15, -0.1) is 5.10 Å². The molecule has 0 bridgehead atoms. The van der Waals surface area contributed by atoms with Gasteiger partial charge in [-0.3, -0.25) is 4.90 Å². The van der Waals surface area contributed by atoms with Crippen molar-refractivity contribution in [1.82, 2.24) is 30.0 Å². The van der Waals surface area contributed by atoms with Gasteiger partial charge in [0.05, 0.1) is 20.8 Å². The second kappa shape index (κ2) is 10.1. The molecule has 0 N–H and O–H groups in total. The third kappa shape index (κ3) is 4.58. The Labute approximate surface area is 187 Å². The van der Waals surface area contributed by atoms with E-state index in [-0.39, 0.29) is 11.9 Å². The Bertz CT molecular complexity index is 1020. The van der Waals surface area contributed by atoms with Gasteiger partial charge in [-0.05, 0) is 40.7 Å². The summed E-state index contributed by atoms with van der Waals surface area (Å²) in [6.45, 7) is 7.35. The summed E-state index contributed by atoms with van der Waals surface area (Å²) in [4.78, 5) is 4.81. The number of hydrogen-bond donors (Lipinski definition) is 0. The summed E-state index contributed by atoms with van der Waals surface area (Å²) in [5, 5.41) is 12.7. The van der Waals surface area contributed by atoms with Crippen molar-refractivity contribution in [3.63, 3.8) is 0 Å². The Morgan fingerprint density at radius 3 is 2.41 bits per heavy atom. The molecule has 4 rings (SSSR count). The quantitative estimate of drug-likeness (QED) is 0.533. The van der Waals surface area contributed by atoms with E-state index in [4.69, 9.17) is 9.47 Å². The first-order valence-electron chi connectivity index (χ1n) is 10.8. The number of methoxy groups -OCH3 is 2. The Morgan fingerprint density at radius 1 is 1.00 bits per heavy atom. The first-order valence-corrected chi connectivity index (χ1v) is 10.8. The number of aromatic nitrogens is 4. The minimum absolute atomic E-state index is 0.213. The number of nitrogens with zero attached hydrogens (tertiary/aromatic N) is 6. The number of likely N-dealkylation sites (N-methyl/N-ethyl adjacent to an activating group) is 1. The molecule has 2 aromatic carbocycles. The second-order valence-electron chi connectivity index (χ2n) is 7.78. The predicted molar refractivity (Wildman–Crippen MR) is 118 cm³/mol. The molecule has 0 unspecified atom stereocenters. The summed E-state index contributed by atoms with van der Waals surface area (Å²) in [5.74, 6) is 1.79. The van der Waals surface area contributed by atoms with Gasteiger partial charge in [-0.2, -0.15) is 0 Å². The molecule has 32 heavy (non-hydrogen) atoms. The second-order valence-corrected chi connectivity index (χ2v) is 7.78. The van der Waals surface area contributed by atoms with E-state index in [0.29, 0.717) is 23.9 Å². The van der Waals surface area contributed by atoms with Gasteiger partial charge in [0, 0.05) is 31.7 Å². The van der Waals surface area contributed by atoms with Gasteiger partial charge in [0.2, 0.25) is 0 Å². The van der Waals surface area contributed by atoms with Crippen LogP contribution < -0.4 is 9.47 Å². The van der Waals surface area contributed by atoms with E-state index in [1.807, 2.05) is 18.2 Å². The maximum atomic E-state index is 13.4. The van der Waals surface area contributed by atoms with Crippen LogP contribution in [0, 0.1) is 5.82 Å². The largest absolute Gasteiger partial charge is 0.493 e. The number of rotatable bonds is 8. The van der Waals surface area contributed by atoms with Gasteiger partial charge in [-0.25, -0.2) is 9.07 Å². The maximum Gasteiger partial charge on any atom is 0.173 e. The highest BCUT2D eigenvalue weighted by Gasteiger charge is 2.33. The zero-order valence-corrected chi connectivity index (χ0v) is 18.7. The SMILES string of the molecule is CCN1CCN([C@@H](c2cccc(OC)c2OC)c2nnnn2Cc2ccc(F)cc2)CC1. The molecule has 0 aliphatic carbocycles. The van der Waals surface area contributed by atoms with Crippen LogP contribution in [-0.2, 0) is 6.54 Å². The lowest BCUT2D eigenvalue weighted by Gasteiger charge is -2.39. The summed E-state index contributed by atoms with van der Waals surface area (Å²) in [6, 6.07) is 12.1. The van der Waals surface area contributed by atoms with E-state index >= 15 is 0 Å². The Hall–Kier alpha value is -3.04. The fourth-order valence-electron chi connectivity index (χ4n) is 4.25. The molecule has 2 heterocycles. The molecule has 1 atom stereocenters. The molecular formula is C23H29FN6O2. The molecule has 1 aliphatic rings. The van der Waals surface area contributed by atoms with Crippen molar-refractivity contribution in [1.29, 1.82) is 0 Å². The zero-order valence-electron chi connectivity index (χ0n) is 18.7. The average Bonchev–Trinajstić information content (AvgIpc) is 3.28. The number of tetrazole rings is 1. The van der Waals surface area contributed by atoms with Crippen molar-refractivity contribution in [2.24, 2.45) is 0 Å². The molecule has 8 nitrogen and oxygen atoms in total. The third-order valence-corrected chi connectivity index (χ3v) is 6.00. The van der Waals surface area contributed by atoms with Crippen LogP contribution in [0.4, 0.5) is 4.39 Å². The van der Waals surface area contributed by atoms with E-state index in [0.717, 1.165) is 43.9 Å². The lowest BCUT2D eigenvalue weighted by atomic mass is 10.0. The van der Waals surface area contributed by atoms with E-state index < -0.39 is 0 Å². The van der Waals surface area contributed by atoms with Crippen LogP contribution in [0.3, 0.4) is 0 Å². The highest BCUT2D eigenvalue weighted by atomic mass is 19.1. The van der Waals surface area contributed by atoms with Crippen LogP contribution in [0.15, 0.2) is 42.5 Å². The van der Waals surface area contributed by atoms with Crippen LogP contribution in [0.5, 0.6) is 11.5 Å². The molecule has 0 radical (unpaired) electrons. The van der Waals surface area contributed by atoms with Crippen molar-refractivity contribution >= 4 is 0 Å². The lowest BCUT2D eigenvalue weighted by molar-refractivity contribution is 0.107. The van der Waals surface area contributed by atoms with E-state index in [1.54, 1.807) is 31.0 Å². The van der Waals surface area contributed by atoms with E-state index in [1.165, 1.54) is 12.1 Å². The van der Waals surface area contributed by atoms with Crippen LogP contribution in [-0.4, -0.2) is 77.0 Å². The molecule has 0 amide bonds. The average molecular weight is 441 g/mol. The molecule has 1 fully saturated rings. The van der Waals surface area contributed by atoms with Crippen LogP contribution in [0.2, 0.25) is 0 Å². The number of para-hydroxylation sites is 1. The minimum atomic E-state index is -0.265. The van der Waals surface area contributed by atoms with Gasteiger partial charge in [0.15, 0.2) is 17.3 Å². The predicted octanol–water partition coefficient (Wildman–Crippen LogP) is 2.60. The molecular weight excluding hydrogens is 411 g/mol. The number of piperazine rings is 1. The normalized spacial score (nSPS) is 16.1. The van der Waals surface area contributed by atoms with Gasteiger partial charge < -0.3 is 14.4 Å².